The minimum Gasteiger partial charge on any atom is -0.497 e. The van der Waals surface area contributed by atoms with Gasteiger partial charge in [0.15, 0.2) is 6.61 Å². The summed E-state index contributed by atoms with van der Waals surface area (Å²) >= 11 is 0. The molecule has 26 heavy (non-hydrogen) atoms. The van der Waals surface area contributed by atoms with Crippen molar-refractivity contribution in [1.29, 1.82) is 0 Å². The molecule has 1 aliphatic heterocycles. The lowest BCUT2D eigenvalue weighted by Crippen LogP contribution is -2.30. The van der Waals surface area contributed by atoms with Crippen LogP contribution in [-0.4, -0.2) is 42.1 Å². The summed E-state index contributed by atoms with van der Waals surface area (Å²) < 4.78 is 10.5. The molecule has 0 saturated carbocycles. The number of hydrogen-bond donors (Lipinski definition) is 1. The van der Waals surface area contributed by atoms with Crippen LogP contribution in [0, 0.1) is 0 Å². The lowest BCUT2D eigenvalue weighted by atomic mass is 10.0. The summed E-state index contributed by atoms with van der Waals surface area (Å²) in [4.78, 5) is 25.5. The fraction of sp³-hybridized carbons (Fsp3) is 0.300. The number of benzene rings is 2. The first-order valence-corrected chi connectivity index (χ1v) is 8.48. The molecule has 0 radical (unpaired) electrons. The number of carboxylic acid groups (broad SMARTS) is 1. The van der Waals surface area contributed by atoms with Crippen molar-refractivity contribution in [3.63, 3.8) is 0 Å². The maximum Gasteiger partial charge on any atom is 0.341 e. The lowest BCUT2D eigenvalue weighted by molar-refractivity contribution is -0.139. The predicted octanol–water partition coefficient (Wildman–Crippen LogP) is 3.14. The zero-order valence-electron chi connectivity index (χ0n) is 14.6. The molecule has 6 nitrogen and oxygen atoms in total. The van der Waals surface area contributed by atoms with Gasteiger partial charge < -0.3 is 19.5 Å². The van der Waals surface area contributed by atoms with Gasteiger partial charge in [0.1, 0.15) is 11.5 Å². The van der Waals surface area contributed by atoms with Gasteiger partial charge in [-0.05, 0) is 48.7 Å². The third kappa shape index (κ3) is 3.96. The van der Waals surface area contributed by atoms with Crippen LogP contribution in [0.1, 0.15) is 34.8 Å². The maximum absolute atomic E-state index is 13.0. The first-order chi connectivity index (χ1) is 12.6. The lowest BCUT2D eigenvalue weighted by Gasteiger charge is -2.25. The molecule has 2 aromatic rings. The van der Waals surface area contributed by atoms with Crippen LogP contribution in [0.2, 0.25) is 0 Å². The minimum atomic E-state index is -1.06. The molecule has 136 valence electrons. The van der Waals surface area contributed by atoms with Gasteiger partial charge in [0.25, 0.3) is 5.91 Å². The molecule has 1 atom stereocenters. The number of nitrogens with zero attached hydrogens (tertiary/aromatic N) is 1. The van der Waals surface area contributed by atoms with Crippen molar-refractivity contribution in [1.82, 2.24) is 4.90 Å². The van der Waals surface area contributed by atoms with Crippen LogP contribution < -0.4 is 9.47 Å². The van der Waals surface area contributed by atoms with Crippen molar-refractivity contribution in [2.45, 2.75) is 18.9 Å². The summed E-state index contributed by atoms with van der Waals surface area (Å²) in [5.41, 5.74) is 1.54. The standard InChI is InChI=1S/C20H21NO5/c1-25-16-7-2-5-14(11-16)18-9-4-10-21(18)20(24)15-6-3-8-17(12-15)26-13-19(22)23/h2-3,5-8,11-12,18H,4,9-10,13H2,1H3,(H,22,23). The Bertz CT molecular complexity index is 804. The van der Waals surface area contributed by atoms with Crippen molar-refractivity contribution < 1.29 is 24.2 Å². The Labute approximate surface area is 152 Å². The molecule has 0 aromatic heterocycles. The average molecular weight is 355 g/mol. The van der Waals surface area contributed by atoms with Crippen LogP contribution in [0.3, 0.4) is 0 Å². The molecule has 1 unspecified atom stereocenters. The van der Waals surface area contributed by atoms with E-state index in [1.807, 2.05) is 29.2 Å². The van der Waals surface area contributed by atoms with E-state index in [1.54, 1.807) is 31.4 Å². The van der Waals surface area contributed by atoms with Crippen LogP contribution in [0.5, 0.6) is 11.5 Å². The van der Waals surface area contributed by atoms with Gasteiger partial charge in [0.2, 0.25) is 0 Å². The molecular weight excluding hydrogens is 334 g/mol. The highest BCUT2D eigenvalue weighted by molar-refractivity contribution is 5.95. The summed E-state index contributed by atoms with van der Waals surface area (Å²) in [7, 11) is 1.62. The number of carbonyl (C=O) groups is 2. The molecule has 1 N–H and O–H groups in total. The quantitative estimate of drug-likeness (QED) is 0.861. The van der Waals surface area contributed by atoms with Gasteiger partial charge in [-0.1, -0.05) is 18.2 Å². The van der Waals surface area contributed by atoms with E-state index < -0.39 is 12.6 Å². The second kappa shape index (κ2) is 7.91. The molecule has 0 aliphatic carbocycles. The Kier molecular flexibility index (Phi) is 5.41. The number of carbonyl (C=O) groups excluding carboxylic acids is 1. The highest BCUT2D eigenvalue weighted by Gasteiger charge is 2.30. The average Bonchev–Trinajstić information content (AvgIpc) is 3.16. The molecule has 0 bridgehead atoms. The third-order valence-corrected chi connectivity index (χ3v) is 4.44. The molecule has 1 fully saturated rings. The summed E-state index contributed by atoms with van der Waals surface area (Å²) in [5.74, 6) is -0.00305. The van der Waals surface area contributed by atoms with Gasteiger partial charge in [-0.25, -0.2) is 4.79 Å². The summed E-state index contributed by atoms with van der Waals surface area (Å²) in [6.45, 7) is 0.245. The fourth-order valence-electron chi connectivity index (χ4n) is 3.23. The van der Waals surface area contributed by atoms with Crippen molar-refractivity contribution in [3.05, 3.63) is 59.7 Å². The van der Waals surface area contributed by atoms with Gasteiger partial charge >= 0.3 is 5.97 Å². The molecule has 1 aliphatic rings. The van der Waals surface area contributed by atoms with E-state index in [1.165, 1.54) is 0 Å². The first kappa shape index (κ1) is 17.8. The Morgan fingerprint density at radius 2 is 1.92 bits per heavy atom. The monoisotopic (exact) mass is 355 g/mol. The highest BCUT2D eigenvalue weighted by atomic mass is 16.5. The Balaban J connectivity index is 1.80. The van der Waals surface area contributed by atoms with Crippen molar-refractivity contribution in [2.24, 2.45) is 0 Å². The van der Waals surface area contributed by atoms with Crippen molar-refractivity contribution in [2.75, 3.05) is 20.3 Å². The smallest absolute Gasteiger partial charge is 0.341 e. The van der Waals surface area contributed by atoms with Crippen LogP contribution in [0.15, 0.2) is 48.5 Å². The highest BCUT2D eigenvalue weighted by Crippen LogP contribution is 2.34. The summed E-state index contributed by atoms with van der Waals surface area (Å²) in [5, 5.41) is 8.72. The number of ether oxygens (including phenoxy) is 2. The van der Waals surface area contributed by atoms with Gasteiger partial charge in [0, 0.05) is 12.1 Å². The molecule has 0 spiro atoms. The maximum atomic E-state index is 13.0. The number of methoxy groups -OCH3 is 1. The van der Waals surface area contributed by atoms with E-state index in [-0.39, 0.29) is 11.9 Å². The Morgan fingerprint density at radius 3 is 2.69 bits per heavy atom. The molecule has 1 saturated heterocycles. The Hall–Kier alpha value is -3.02. The molecule has 1 amide bonds. The van der Waals surface area contributed by atoms with Gasteiger partial charge in [-0.3, -0.25) is 4.79 Å². The largest absolute Gasteiger partial charge is 0.497 e. The molecule has 1 heterocycles. The second-order valence-corrected chi connectivity index (χ2v) is 6.14. The van der Waals surface area contributed by atoms with Crippen LogP contribution >= 0.6 is 0 Å². The topological polar surface area (TPSA) is 76.1 Å². The van der Waals surface area contributed by atoms with E-state index in [4.69, 9.17) is 14.6 Å². The SMILES string of the molecule is COc1cccc(C2CCCN2C(=O)c2cccc(OCC(=O)O)c2)c1. The number of likely N-dealkylation sites (tertiary alicyclic amines) is 1. The summed E-state index contributed by atoms with van der Waals surface area (Å²) in [6, 6.07) is 14.4. The number of carboxylic acids is 1. The number of rotatable bonds is 6. The molecule has 6 heteroatoms. The number of amides is 1. The summed E-state index contributed by atoms with van der Waals surface area (Å²) in [6.07, 6.45) is 1.83. The number of aliphatic carboxylic acids is 1. The van der Waals surface area contributed by atoms with Crippen LogP contribution in [0.4, 0.5) is 0 Å². The van der Waals surface area contributed by atoms with E-state index in [0.717, 1.165) is 24.2 Å². The molecule has 3 rings (SSSR count). The van der Waals surface area contributed by atoms with Gasteiger partial charge in [-0.15, -0.1) is 0 Å². The second-order valence-electron chi connectivity index (χ2n) is 6.14. The third-order valence-electron chi connectivity index (χ3n) is 4.44. The van der Waals surface area contributed by atoms with Crippen LogP contribution in [-0.2, 0) is 4.79 Å². The number of hydrogen-bond acceptors (Lipinski definition) is 4. The minimum absolute atomic E-state index is 0.00111. The zero-order chi connectivity index (χ0) is 18.5. The Morgan fingerprint density at radius 1 is 1.15 bits per heavy atom. The van der Waals surface area contributed by atoms with Crippen molar-refractivity contribution in [3.8, 4) is 11.5 Å². The van der Waals surface area contributed by atoms with E-state index in [0.29, 0.717) is 17.9 Å². The van der Waals surface area contributed by atoms with Gasteiger partial charge in [0.05, 0.1) is 13.2 Å². The van der Waals surface area contributed by atoms with Crippen LogP contribution in [0.25, 0.3) is 0 Å². The zero-order valence-corrected chi connectivity index (χ0v) is 14.6. The predicted molar refractivity (Wildman–Crippen MR) is 95.6 cm³/mol. The molecular formula is C20H21NO5. The van der Waals surface area contributed by atoms with E-state index in [2.05, 4.69) is 0 Å². The van der Waals surface area contributed by atoms with E-state index in [9.17, 15) is 9.59 Å². The first-order valence-electron chi connectivity index (χ1n) is 8.48. The van der Waals surface area contributed by atoms with Gasteiger partial charge in [-0.2, -0.15) is 0 Å². The normalized spacial score (nSPS) is 16.3. The molecule has 2 aromatic carbocycles. The fourth-order valence-corrected chi connectivity index (χ4v) is 3.23. The van der Waals surface area contributed by atoms with Crippen molar-refractivity contribution >= 4 is 11.9 Å². The van der Waals surface area contributed by atoms with E-state index >= 15 is 0 Å².